The maximum Gasteiger partial charge on any atom is 0.163 e. The maximum atomic E-state index is 5.74. The van der Waals surface area contributed by atoms with Gasteiger partial charge < -0.3 is 13.9 Å². The van der Waals surface area contributed by atoms with Gasteiger partial charge in [0.15, 0.2) is 5.82 Å². The second kappa shape index (κ2) is 6.82. The van der Waals surface area contributed by atoms with Crippen LogP contribution >= 0.6 is 0 Å². The molecule has 0 bridgehead atoms. The van der Waals surface area contributed by atoms with Crippen molar-refractivity contribution < 1.29 is 4.74 Å². The molecule has 1 aliphatic heterocycles. The Morgan fingerprint density at radius 1 is 1.08 bits per heavy atom. The number of hydrogen-bond acceptors (Lipinski definition) is 4. The zero-order valence-corrected chi connectivity index (χ0v) is 14.7. The molecule has 2 aromatic heterocycles. The number of ether oxygens (including phenoxy) is 1. The van der Waals surface area contributed by atoms with E-state index in [1.54, 1.807) is 0 Å². The monoisotopic (exact) mass is 337 g/mol. The Kier molecular flexibility index (Phi) is 4.38. The van der Waals surface area contributed by atoms with Gasteiger partial charge in [-0.1, -0.05) is 30.3 Å². The Morgan fingerprint density at radius 2 is 1.92 bits per heavy atom. The summed E-state index contributed by atoms with van der Waals surface area (Å²) in [6, 6.07) is 14.7. The van der Waals surface area contributed by atoms with Gasteiger partial charge in [-0.05, 0) is 12.1 Å². The Hall–Kier alpha value is -2.44. The lowest BCUT2D eigenvalue weighted by Crippen LogP contribution is -2.40. The van der Waals surface area contributed by atoms with Crippen molar-refractivity contribution in [2.24, 2.45) is 14.1 Å². The van der Waals surface area contributed by atoms with Crippen LogP contribution in [0, 0.1) is 0 Å². The molecule has 6 nitrogen and oxygen atoms in total. The van der Waals surface area contributed by atoms with E-state index in [2.05, 4.69) is 61.7 Å². The smallest absolute Gasteiger partial charge is 0.163 e. The molecule has 0 saturated carbocycles. The van der Waals surface area contributed by atoms with Crippen molar-refractivity contribution in [1.29, 1.82) is 0 Å². The molecule has 0 N–H and O–H groups in total. The molecule has 1 fully saturated rings. The number of aromatic nitrogens is 4. The fourth-order valence-corrected chi connectivity index (χ4v) is 3.44. The molecule has 1 saturated heterocycles. The highest BCUT2D eigenvalue weighted by molar-refractivity contribution is 5.54. The molecule has 3 heterocycles. The number of rotatable bonds is 4. The number of morpholine rings is 1. The van der Waals surface area contributed by atoms with Crippen LogP contribution in [0.4, 0.5) is 0 Å². The van der Waals surface area contributed by atoms with E-state index >= 15 is 0 Å². The summed E-state index contributed by atoms with van der Waals surface area (Å²) in [6.07, 6.45) is 2.08. The van der Waals surface area contributed by atoms with Crippen LogP contribution < -0.4 is 0 Å². The summed E-state index contributed by atoms with van der Waals surface area (Å²) >= 11 is 0. The second-order valence-electron chi connectivity index (χ2n) is 6.47. The highest BCUT2D eigenvalue weighted by atomic mass is 16.5. The molecular formula is C19H23N5O. The summed E-state index contributed by atoms with van der Waals surface area (Å²) in [5.74, 6) is 1.87. The van der Waals surface area contributed by atoms with Crippen molar-refractivity contribution >= 4 is 0 Å². The molecule has 0 amide bonds. The molecule has 1 atom stereocenters. The van der Waals surface area contributed by atoms with E-state index in [0.717, 1.165) is 36.9 Å². The van der Waals surface area contributed by atoms with Crippen LogP contribution in [0.15, 0.2) is 48.7 Å². The molecule has 130 valence electrons. The van der Waals surface area contributed by atoms with Crippen molar-refractivity contribution in [2.45, 2.75) is 12.6 Å². The zero-order valence-electron chi connectivity index (χ0n) is 14.7. The molecule has 0 unspecified atom stereocenters. The summed E-state index contributed by atoms with van der Waals surface area (Å²) in [5, 5.41) is 8.85. The minimum atomic E-state index is 0.241. The molecule has 0 spiro atoms. The topological polar surface area (TPSA) is 48.1 Å². The average molecular weight is 337 g/mol. The van der Waals surface area contributed by atoms with Crippen LogP contribution in [0.5, 0.6) is 0 Å². The normalized spacial score (nSPS) is 18.6. The highest BCUT2D eigenvalue weighted by Crippen LogP contribution is 2.26. The third-order valence-electron chi connectivity index (χ3n) is 4.91. The van der Waals surface area contributed by atoms with Gasteiger partial charge in [0.05, 0.1) is 25.8 Å². The highest BCUT2D eigenvalue weighted by Gasteiger charge is 2.27. The van der Waals surface area contributed by atoms with Crippen LogP contribution in [0.2, 0.25) is 0 Å². The number of hydrogen-bond donors (Lipinski definition) is 0. The largest absolute Gasteiger partial charge is 0.378 e. The lowest BCUT2D eigenvalue weighted by atomic mass is 10.1. The molecule has 1 aromatic carbocycles. The average Bonchev–Trinajstić information content (AvgIpc) is 3.23. The molecular weight excluding hydrogens is 314 g/mol. The van der Waals surface area contributed by atoms with Gasteiger partial charge in [0.25, 0.3) is 0 Å². The molecule has 1 aliphatic rings. The molecule has 0 aliphatic carbocycles. The Balaban J connectivity index is 1.59. The summed E-state index contributed by atoms with van der Waals surface area (Å²) < 4.78 is 9.99. The van der Waals surface area contributed by atoms with E-state index < -0.39 is 0 Å². The number of aryl methyl sites for hydroxylation is 1. The third-order valence-corrected chi connectivity index (χ3v) is 4.91. The van der Waals surface area contributed by atoms with E-state index in [4.69, 9.17) is 4.74 Å². The number of nitrogens with zero attached hydrogens (tertiary/aromatic N) is 5. The van der Waals surface area contributed by atoms with E-state index in [1.807, 2.05) is 25.2 Å². The molecule has 0 radical (unpaired) electrons. The lowest BCUT2D eigenvalue weighted by molar-refractivity contribution is -0.0166. The van der Waals surface area contributed by atoms with Gasteiger partial charge in [0.1, 0.15) is 5.82 Å². The van der Waals surface area contributed by atoms with Gasteiger partial charge in [-0.3, -0.25) is 4.90 Å². The summed E-state index contributed by atoms with van der Waals surface area (Å²) in [4.78, 5) is 2.43. The van der Waals surface area contributed by atoms with Crippen LogP contribution in [0.25, 0.3) is 11.4 Å². The molecule has 4 rings (SSSR count). The first-order chi connectivity index (χ1) is 12.2. The Labute approximate surface area is 147 Å². The molecule has 25 heavy (non-hydrogen) atoms. The summed E-state index contributed by atoms with van der Waals surface area (Å²) in [7, 11) is 4.12. The predicted molar refractivity (Wildman–Crippen MR) is 95.8 cm³/mol. The van der Waals surface area contributed by atoms with Crippen LogP contribution in [-0.2, 0) is 25.4 Å². The lowest BCUT2D eigenvalue weighted by Gasteiger charge is -2.35. The molecule has 6 heteroatoms. The fraction of sp³-hybridized carbons (Fsp3) is 0.368. The van der Waals surface area contributed by atoms with Gasteiger partial charge in [0, 0.05) is 38.1 Å². The van der Waals surface area contributed by atoms with Crippen molar-refractivity contribution in [3.05, 3.63) is 60.2 Å². The standard InChI is InChI=1S/C19H23N5O/c1-22-10-6-9-16(22)17-14-25-12-11-24(17)13-18-20-21-19(23(18)2)15-7-4-3-5-8-15/h3-10,17H,11-14H2,1-2H3/t17-/m0/s1. The van der Waals surface area contributed by atoms with Crippen molar-refractivity contribution in [2.75, 3.05) is 19.8 Å². The number of benzene rings is 1. The van der Waals surface area contributed by atoms with Gasteiger partial charge >= 0.3 is 0 Å². The van der Waals surface area contributed by atoms with Crippen LogP contribution in [0.3, 0.4) is 0 Å². The van der Waals surface area contributed by atoms with Gasteiger partial charge in [-0.25, -0.2) is 0 Å². The van der Waals surface area contributed by atoms with Crippen molar-refractivity contribution in [1.82, 2.24) is 24.2 Å². The van der Waals surface area contributed by atoms with Crippen LogP contribution in [0.1, 0.15) is 17.6 Å². The van der Waals surface area contributed by atoms with E-state index in [1.165, 1.54) is 5.69 Å². The quantitative estimate of drug-likeness (QED) is 0.733. The van der Waals surface area contributed by atoms with Crippen molar-refractivity contribution in [3.8, 4) is 11.4 Å². The summed E-state index contributed by atoms with van der Waals surface area (Å²) in [5.41, 5.74) is 2.36. The van der Waals surface area contributed by atoms with E-state index in [0.29, 0.717) is 6.61 Å². The first-order valence-electron chi connectivity index (χ1n) is 8.61. The fourth-order valence-electron chi connectivity index (χ4n) is 3.44. The van der Waals surface area contributed by atoms with E-state index in [-0.39, 0.29) is 6.04 Å². The first kappa shape index (κ1) is 16.1. The SMILES string of the molecule is Cn1cccc1[C@@H]1COCCN1Cc1nnc(-c2ccccc2)n1C. The maximum absolute atomic E-state index is 5.74. The van der Waals surface area contributed by atoms with Crippen molar-refractivity contribution in [3.63, 3.8) is 0 Å². The minimum absolute atomic E-state index is 0.241. The van der Waals surface area contributed by atoms with Crippen LogP contribution in [-0.4, -0.2) is 44.0 Å². The second-order valence-corrected chi connectivity index (χ2v) is 6.47. The summed E-state index contributed by atoms with van der Waals surface area (Å²) in [6.45, 7) is 3.12. The Morgan fingerprint density at radius 3 is 2.68 bits per heavy atom. The van der Waals surface area contributed by atoms with Gasteiger partial charge in [0.2, 0.25) is 0 Å². The minimum Gasteiger partial charge on any atom is -0.378 e. The van der Waals surface area contributed by atoms with Gasteiger partial charge in [-0.2, -0.15) is 0 Å². The third kappa shape index (κ3) is 3.10. The van der Waals surface area contributed by atoms with Gasteiger partial charge in [-0.15, -0.1) is 10.2 Å². The zero-order chi connectivity index (χ0) is 17.2. The molecule has 3 aromatic rings. The van der Waals surface area contributed by atoms with E-state index in [9.17, 15) is 0 Å². The predicted octanol–water partition coefficient (Wildman–Crippen LogP) is 2.39. The Bertz CT molecular complexity index is 839. The first-order valence-corrected chi connectivity index (χ1v) is 8.61.